The van der Waals surface area contributed by atoms with Gasteiger partial charge in [-0.2, -0.15) is 0 Å². The molecule has 1 aromatic rings. The minimum atomic E-state index is -2.14. The molecule has 1 N–H and O–H groups in total. The predicted molar refractivity (Wildman–Crippen MR) is 47.1 cm³/mol. The smallest absolute Gasteiger partial charge is 0.0181 e. The van der Waals surface area contributed by atoms with E-state index in [1.807, 2.05) is 30.3 Å². The van der Waals surface area contributed by atoms with E-state index in [9.17, 15) is 8.76 Å². The van der Waals surface area contributed by atoms with E-state index in [-0.39, 0.29) is 0 Å². The zero-order valence-corrected chi connectivity index (χ0v) is 7.34. The van der Waals surface area contributed by atoms with E-state index < -0.39 is 11.3 Å². The fourth-order valence-corrected chi connectivity index (χ4v) is 1.19. The van der Waals surface area contributed by atoms with Crippen LogP contribution in [0.5, 0.6) is 0 Å². The molecule has 0 aliphatic rings. The van der Waals surface area contributed by atoms with Crippen LogP contribution in [-0.2, 0) is 17.7 Å². The molecule has 1 atom stereocenters. The summed E-state index contributed by atoms with van der Waals surface area (Å²) in [6, 6.07) is 9.74. The van der Waals surface area contributed by atoms with Crippen LogP contribution in [0.4, 0.5) is 0 Å². The molecule has 0 saturated heterocycles. The lowest BCUT2D eigenvalue weighted by Crippen LogP contribution is -2.19. The molecule has 0 amide bonds. The van der Waals surface area contributed by atoms with E-state index in [0.29, 0.717) is 6.54 Å². The number of benzene rings is 1. The van der Waals surface area contributed by atoms with Crippen LogP contribution in [-0.4, -0.2) is 15.3 Å². The summed E-state index contributed by atoms with van der Waals surface area (Å²) in [5.41, 5.74) is 1.13. The second-order valence-electron chi connectivity index (χ2n) is 2.36. The largest absolute Gasteiger partial charge is 0.760 e. The van der Waals surface area contributed by atoms with Crippen molar-refractivity contribution in [1.82, 2.24) is 4.72 Å². The molecule has 0 aliphatic carbocycles. The van der Waals surface area contributed by atoms with Crippen molar-refractivity contribution in [3.8, 4) is 0 Å². The molecule has 0 bridgehead atoms. The Hall–Kier alpha value is -0.710. The van der Waals surface area contributed by atoms with Crippen molar-refractivity contribution in [2.45, 2.75) is 6.42 Å². The van der Waals surface area contributed by atoms with Crippen molar-refractivity contribution in [2.75, 3.05) is 6.54 Å². The second-order valence-corrected chi connectivity index (χ2v) is 3.12. The topological polar surface area (TPSA) is 52.2 Å². The molecule has 1 aromatic carbocycles. The molecule has 12 heavy (non-hydrogen) atoms. The zero-order valence-electron chi connectivity index (χ0n) is 6.53. The lowest BCUT2D eigenvalue weighted by Gasteiger charge is -2.06. The van der Waals surface area contributed by atoms with Gasteiger partial charge in [0.15, 0.2) is 0 Å². The third-order valence-corrected chi connectivity index (χ3v) is 1.92. The summed E-state index contributed by atoms with van der Waals surface area (Å²) in [6.07, 6.45) is 0.731. The summed E-state index contributed by atoms with van der Waals surface area (Å²) in [5.74, 6) is 0. The van der Waals surface area contributed by atoms with Gasteiger partial charge in [0, 0.05) is 17.8 Å². The molecule has 0 fully saturated rings. The number of hydrogen-bond donors (Lipinski definition) is 1. The van der Waals surface area contributed by atoms with E-state index in [1.165, 1.54) is 0 Å². The highest BCUT2D eigenvalue weighted by Crippen LogP contribution is 1.97. The SMILES string of the molecule is O=S([O-])NCCc1ccccc1. The van der Waals surface area contributed by atoms with Crippen LogP contribution in [0.1, 0.15) is 5.56 Å². The lowest BCUT2D eigenvalue weighted by atomic mass is 10.2. The van der Waals surface area contributed by atoms with Crippen molar-refractivity contribution in [2.24, 2.45) is 0 Å². The van der Waals surface area contributed by atoms with Crippen molar-refractivity contribution in [3.63, 3.8) is 0 Å². The van der Waals surface area contributed by atoms with Gasteiger partial charge >= 0.3 is 0 Å². The van der Waals surface area contributed by atoms with Crippen molar-refractivity contribution in [1.29, 1.82) is 0 Å². The zero-order chi connectivity index (χ0) is 8.81. The minimum absolute atomic E-state index is 0.458. The highest BCUT2D eigenvalue weighted by Gasteiger charge is 1.89. The Kier molecular flexibility index (Phi) is 3.93. The van der Waals surface area contributed by atoms with Crippen LogP contribution in [0, 0.1) is 0 Å². The van der Waals surface area contributed by atoms with Gasteiger partial charge in [-0.05, 0) is 12.0 Å². The first-order chi connectivity index (χ1) is 5.79. The highest BCUT2D eigenvalue weighted by molar-refractivity contribution is 7.77. The van der Waals surface area contributed by atoms with Crippen LogP contribution in [0.2, 0.25) is 0 Å². The molecule has 4 heteroatoms. The summed E-state index contributed by atoms with van der Waals surface area (Å²) in [6.45, 7) is 0.458. The normalized spacial score (nSPS) is 12.8. The molecular formula is C8H10NO2S-. The molecule has 0 spiro atoms. The van der Waals surface area contributed by atoms with Crippen LogP contribution < -0.4 is 4.72 Å². The van der Waals surface area contributed by atoms with Crippen LogP contribution >= 0.6 is 0 Å². The van der Waals surface area contributed by atoms with Gasteiger partial charge in [-0.15, -0.1) is 0 Å². The van der Waals surface area contributed by atoms with Gasteiger partial charge in [0.25, 0.3) is 0 Å². The monoisotopic (exact) mass is 184 g/mol. The first kappa shape index (κ1) is 9.38. The molecule has 0 aromatic heterocycles. The van der Waals surface area contributed by atoms with Crippen LogP contribution in [0.3, 0.4) is 0 Å². The number of hydrogen-bond acceptors (Lipinski definition) is 2. The van der Waals surface area contributed by atoms with E-state index >= 15 is 0 Å². The third kappa shape index (κ3) is 3.61. The molecule has 0 aliphatic heterocycles. The molecule has 0 heterocycles. The van der Waals surface area contributed by atoms with E-state index in [2.05, 4.69) is 4.72 Å². The maximum Gasteiger partial charge on any atom is 0.0181 e. The van der Waals surface area contributed by atoms with E-state index in [1.54, 1.807) is 0 Å². The minimum Gasteiger partial charge on any atom is -0.760 e. The lowest BCUT2D eigenvalue weighted by molar-refractivity contribution is 0.523. The molecule has 1 unspecified atom stereocenters. The van der Waals surface area contributed by atoms with Crippen molar-refractivity contribution >= 4 is 11.3 Å². The number of rotatable bonds is 4. The Morgan fingerprint density at radius 1 is 1.33 bits per heavy atom. The van der Waals surface area contributed by atoms with Gasteiger partial charge < -0.3 is 4.55 Å². The van der Waals surface area contributed by atoms with Gasteiger partial charge in [0.1, 0.15) is 0 Å². The quantitative estimate of drug-likeness (QED) is 0.697. The third-order valence-electron chi connectivity index (χ3n) is 1.48. The van der Waals surface area contributed by atoms with Crippen LogP contribution in [0.25, 0.3) is 0 Å². The molecular weight excluding hydrogens is 174 g/mol. The predicted octanol–water partition coefficient (Wildman–Crippen LogP) is 0.613. The maximum atomic E-state index is 10.1. The summed E-state index contributed by atoms with van der Waals surface area (Å²) >= 11 is -2.14. The summed E-state index contributed by atoms with van der Waals surface area (Å²) in [7, 11) is 0. The Labute approximate surface area is 74.2 Å². The Balaban J connectivity index is 2.29. The average molecular weight is 184 g/mol. The Morgan fingerprint density at radius 2 is 2.00 bits per heavy atom. The standard InChI is InChI=1S/C8H11NO2S/c10-12(11)9-7-6-8-4-2-1-3-5-8/h1-5,9H,6-7H2,(H,10,11)/p-1. The fourth-order valence-electron chi connectivity index (χ4n) is 0.923. The number of nitrogens with one attached hydrogen (secondary N) is 1. The van der Waals surface area contributed by atoms with Crippen LogP contribution in [0.15, 0.2) is 30.3 Å². The highest BCUT2D eigenvalue weighted by atomic mass is 32.2. The molecule has 0 radical (unpaired) electrons. The molecule has 1 rings (SSSR count). The summed E-state index contributed by atoms with van der Waals surface area (Å²) in [5, 5.41) is 0. The van der Waals surface area contributed by atoms with Crippen molar-refractivity contribution < 1.29 is 8.76 Å². The Morgan fingerprint density at radius 3 is 2.58 bits per heavy atom. The van der Waals surface area contributed by atoms with Gasteiger partial charge in [-0.3, -0.25) is 4.21 Å². The van der Waals surface area contributed by atoms with Gasteiger partial charge in [0.2, 0.25) is 0 Å². The molecule has 66 valence electrons. The van der Waals surface area contributed by atoms with E-state index in [4.69, 9.17) is 0 Å². The summed E-state index contributed by atoms with van der Waals surface area (Å²) < 4.78 is 22.5. The Bertz CT molecular complexity index is 250. The average Bonchev–Trinajstić information content (AvgIpc) is 2.05. The molecule has 0 saturated carbocycles. The molecule has 3 nitrogen and oxygen atoms in total. The van der Waals surface area contributed by atoms with Gasteiger partial charge in [-0.1, -0.05) is 30.3 Å². The summed E-state index contributed by atoms with van der Waals surface area (Å²) in [4.78, 5) is 0. The van der Waals surface area contributed by atoms with E-state index in [0.717, 1.165) is 12.0 Å². The van der Waals surface area contributed by atoms with Gasteiger partial charge in [-0.25, -0.2) is 4.72 Å². The second kappa shape index (κ2) is 5.03. The first-order valence-electron chi connectivity index (χ1n) is 3.66. The maximum absolute atomic E-state index is 10.1. The van der Waals surface area contributed by atoms with Gasteiger partial charge in [0.05, 0.1) is 0 Å². The fraction of sp³-hybridized carbons (Fsp3) is 0.250. The van der Waals surface area contributed by atoms with Crippen molar-refractivity contribution in [3.05, 3.63) is 35.9 Å². The first-order valence-corrected chi connectivity index (χ1v) is 4.73.